The summed E-state index contributed by atoms with van der Waals surface area (Å²) in [5, 5.41) is 20.4. The van der Waals surface area contributed by atoms with Crippen LogP contribution in [0.25, 0.3) is 10.9 Å². The van der Waals surface area contributed by atoms with E-state index in [1.165, 1.54) is 24.3 Å². The maximum absolute atomic E-state index is 12.4. The number of halogens is 3. The first-order chi connectivity index (χ1) is 11.6. The van der Waals surface area contributed by atoms with E-state index in [1.807, 2.05) is 5.32 Å². The van der Waals surface area contributed by atoms with E-state index in [4.69, 9.17) is 5.11 Å². The maximum atomic E-state index is 12.4. The number of carbonyl (C=O) groups excluding carboxylic acids is 1. The Kier molecular flexibility index (Phi) is 4.86. The SMILES string of the molecule is O=C(O)CNC(=O)c1c(O)c2ccccc2n(OCC(F)(F)F)c1=O. The molecule has 3 N–H and O–H groups in total. The molecule has 0 aliphatic carbocycles. The molecule has 1 amide bonds. The molecular formula is C14H11F3N2O6. The first-order valence-corrected chi connectivity index (χ1v) is 6.68. The molecule has 2 aromatic rings. The molecule has 1 aromatic heterocycles. The first kappa shape index (κ1) is 18.1. The number of alkyl halides is 3. The van der Waals surface area contributed by atoms with Gasteiger partial charge in [0.1, 0.15) is 12.3 Å². The lowest BCUT2D eigenvalue weighted by atomic mass is 10.1. The van der Waals surface area contributed by atoms with Crippen LogP contribution >= 0.6 is 0 Å². The standard InChI is InChI=1S/C14H11F3N2O6/c15-14(16,17)6-25-19-8-4-2-1-3-7(8)11(22)10(13(19)24)12(23)18-5-9(20)21/h1-4,22H,5-6H2,(H,18,23)(H,20,21). The number of nitrogens with zero attached hydrogens (tertiary/aromatic N) is 1. The van der Waals surface area contributed by atoms with Gasteiger partial charge in [0.25, 0.3) is 11.5 Å². The smallest absolute Gasteiger partial charge is 0.425 e. The minimum atomic E-state index is -4.75. The molecular weight excluding hydrogens is 349 g/mol. The van der Waals surface area contributed by atoms with Gasteiger partial charge in [-0.15, -0.1) is 4.73 Å². The molecule has 11 heteroatoms. The second-order valence-electron chi connectivity index (χ2n) is 4.81. The molecule has 0 radical (unpaired) electrons. The van der Waals surface area contributed by atoms with Crippen molar-refractivity contribution in [2.24, 2.45) is 0 Å². The van der Waals surface area contributed by atoms with E-state index in [2.05, 4.69) is 4.84 Å². The van der Waals surface area contributed by atoms with Crippen molar-refractivity contribution in [3.8, 4) is 5.75 Å². The molecule has 8 nitrogen and oxygen atoms in total. The molecule has 0 fully saturated rings. The normalized spacial score (nSPS) is 11.3. The van der Waals surface area contributed by atoms with Crippen LogP contribution < -0.4 is 15.7 Å². The van der Waals surface area contributed by atoms with Crippen molar-refractivity contribution in [1.29, 1.82) is 0 Å². The monoisotopic (exact) mass is 360 g/mol. The highest BCUT2D eigenvalue weighted by Crippen LogP contribution is 2.26. The molecule has 1 heterocycles. The molecule has 0 aliphatic rings. The summed E-state index contributed by atoms with van der Waals surface area (Å²) in [5.41, 5.74) is -2.48. The van der Waals surface area contributed by atoms with Crippen molar-refractivity contribution < 1.29 is 37.8 Å². The van der Waals surface area contributed by atoms with Gasteiger partial charge in [0.15, 0.2) is 5.56 Å². The van der Waals surface area contributed by atoms with E-state index < -0.39 is 48.1 Å². The molecule has 25 heavy (non-hydrogen) atoms. The fraction of sp³-hybridized carbons (Fsp3) is 0.214. The Morgan fingerprint density at radius 3 is 2.48 bits per heavy atom. The van der Waals surface area contributed by atoms with Crippen LogP contribution in [0.1, 0.15) is 10.4 Å². The molecule has 0 saturated carbocycles. The van der Waals surface area contributed by atoms with E-state index in [-0.39, 0.29) is 15.6 Å². The van der Waals surface area contributed by atoms with Gasteiger partial charge in [0, 0.05) is 5.39 Å². The Labute approximate surface area is 137 Å². The zero-order valence-corrected chi connectivity index (χ0v) is 12.3. The Morgan fingerprint density at radius 2 is 1.88 bits per heavy atom. The van der Waals surface area contributed by atoms with Crippen LogP contribution in [-0.2, 0) is 4.79 Å². The van der Waals surface area contributed by atoms with Crippen LogP contribution in [0.15, 0.2) is 29.1 Å². The number of carboxylic acid groups (broad SMARTS) is 1. The summed E-state index contributed by atoms with van der Waals surface area (Å²) >= 11 is 0. The number of aromatic hydroxyl groups is 1. The molecule has 0 spiro atoms. The van der Waals surface area contributed by atoms with Crippen molar-refractivity contribution >= 4 is 22.8 Å². The molecule has 0 atom stereocenters. The van der Waals surface area contributed by atoms with Gasteiger partial charge in [0.2, 0.25) is 6.61 Å². The van der Waals surface area contributed by atoms with Crippen LogP contribution in [-0.4, -0.2) is 46.1 Å². The van der Waals surface area contributed by atoms with Gasteiger partial charge < -0.3 is 20.4 Å². The highest BCUT2D eigenvalue weighted by Gasteiger charge is 2.30. The fourth-order valence-corrected chi connectivity index (χ4v) is 2.01. The molecule has 0 aliphatic heterocycles. The summed E-state index contributed by atoms with van der Waals surface area (Å²) in [6.45, 7) is -2.66. The predicted molar refractivity (Wildman–Crippen MR) is 77.3 cm³/mol. The summed E-state index contributed by atoms with van der Waals surface area (Å²) in [6, 6.07) is 5.27. The third-order valence-electron chi connectivity index (χ3n) is 3.00. The summed E-state index contributed by atoms with van der Waals surface area (Å²) in [6.07, 6.45) is -4.75. The van der Waals surface area contributed by atoms with E-state index in [0.717, 1.165) is 0 Å². The second-order valence-corrected chi connectivity index (χ2v) is 4.81. The Balaban J connectivity index is 2.60. The second kappa shape index (κ2) is 6.71. The minimum absolute atomic E-state index is 0.121. The highest BCUT2D eigenvalue weighted by atomic mass is 19.4. The van der Waals surface area contributed by atoms with Gasteiger partial charge >= 0.3 is 12.1 Å². The molecule has 1 aromatic carbocycles. The number of carboxylic acids is 1. The van der Waals surface area contributed by atoms with Crippen molar-refractivity contribution in [3.05, 3.63) is 40.2 Å². The lowest BCUT2D eigenvalue weighted by Crippen LogP contribution is -2.39. The summed E-state index contributed by atoms with van der Waals surface area (Å²) in [4.78, 5) is 39.2. The quantitative estimate of drug-likeness (QED) is 0.715. The number of nitrogens with one attached hydrogen (secondary N) is 1. The fourth-order valence-electron chi connectivity index (χ4n) is 2.01. The van der Waals surface area contributed by atoms with Crippen LogP contribution in [0.4, 0.5) is 13.2 Å². The third kappa shape index (κ3) is 4.00. The minimum Gasteiger partial charge on any atom is -0.506 e. The number of carbonyl (C=O) groups is 2. The average Bonchev–Trinajstić information content (AvgIpc) is 2.52. The average molecular weight is 360 g/mol. The third-order valence-corrected chi connectivity index (χ3v) is 3.00. The van der Waals surface area contributed by atoms with Gasteiger partial charge in [-0.25, -0.2) is 0 Å². The van der Waals surface area contributed by atoms with E-state index in [9.17, 15) is 32.7 Å². The highest BCUT2D eigenvalue weighted by molar-refractivity contribution is 6.02. The van der Waals surface area contributed by atoms with Crippen molar-refractivity contribution in [2.75, 3.05) is 13.2 Å². The van der Waals surface area contributed by atoms with Crippen molar-refractivity contribution in [3.63, 3.8) is 0 Å². The summed E-state index contributed by atoms with van der Waals surface area (Å²) < 4.78 is 37.4. The van der Waals surface area contributed by atoms with Crippen LogP contribution in [0.3, 0.4) is 0 Å². The van der Waals surface area contributed by atoms with E-state index in [0.29, 0.717) is 0 Å². The number of hydrogen-bond donors (Lipinski definition) is 3. The molecule has 0 unspecified atom stereocenters. The summed E-state index contributed by atoms with van der Waals surface area (Å²) in [7, 11) is 0. The molecule has 0 saturated heterocycles. The van der Waals surface area contributed by atoms with E-state index >= 15 is 0 Å². The number of para-hydroxylation sites is 1. The van der Waals surface area contributed by atoms with Gasteiger partial charge in [-0.2, -0.15) is 13.2 Å². The van der Waals surface area contributed by atoms with Gasteiger partial charge in [-0.3, -0.25) is 14.4 Å². The number of fused-ring (bicyclic) bond motifs is 1. The number of aromatic nitrogens is 1. The van der Waals surface area contributed by atoms with Crippen LogP contribution in [0.2, 0.25) is 0 Å². The topological polar surface area (TPSA) is 118 Å². The number of benzene rings is 1. The number of rotatable bonds is 5. The van der Waals surface area contributed by atoms with Gasteiger partial charge in [0.05, 0.1) is 5.52 Å². The van der Waals surface area contributed by atoms with Crippen LogP contribution in [0.5, 0.6) is 5.75 Å². The van der Waals surface area contributed by atoms with Crippen molar-refractivity contribution in [2.45, 2.75) is 6.18 Å². The van der Waals surface area contributed by atoms with Gasteiger partial charge in [-0.1, -0.05) is 12.1 Å². The number of aliphatic carboxylic acids is 1. The Hall–Kier alpha value is -3.24. The lowest BCUT2D eigenvalue weighted by molar-refractivity contribution is -0.174. The zero-order chi connectivity index (χ0) is 18.8. The van der Waals surface area contributed by atoms with Gasteiger partial charge in [-0.05, 0) is 12.1 Å². The maximum Gasteiger partial charge on any atom is 0.425 e. The first-order valence-electron chi connectivity index (χ1n) is 6.68. The molecule has 2 rings (SSSR count). The predicted octanol–water partition coefficient (Wildman–Crippen LogP) is 0.512. The summed E-state index contributed by atoms with van der Waals surface area (Å²) in [5.74, 6) is -3.47. The van der Waals surface area contributed by atoms with E-state index in [1.54, 1.807) is 0 Å². The molecule has 0 bridgehead atoms. The Morgan fingerprint density at radius 1 is 1.24 bits per heavy atom. The lowest BCUT2D eigenvalue weighted by Gasteiger charge is -2.16. The number of amides is 1. The van der Waals surface area contributed by atoms with Crippen molar-refractivity contribution in [1.82, 2.24) is 10.0 Å². The number of pyridine rings is 1. The van der Waals surface area contributed by atoms with Crippen LogP contribution in [0, 0.1) is 0 Å². The molecule has 134 valence electrons. The largest absolute Gasteiger partial charge is 0.506 e. The number of hydrogen-bond acceptors (Lipinski definition) is 5. The Bertz CT molecular complexity index is 890. The zero-order valence-electron chi connectivity index (χ0n) is 12.3.